The molecule has 114 valence electrons. The van der Waals surface area contributed by atoms with Crippen LogP contribution in [0.5, 0.6) is 5.75 Å². The summed E-state index contributed by atoms with van der Waals surface area (Å²) in [6.07, 6.45) is 0.0404. The predicted octanol–water partition coefficient (Wildman–Crippen LogP) is 2.84. The van der Waals surface area contributed by atoms with Crippen LogP contribution in [-0.2, 0) is 6.42 Å². The average Bonchev–Trinajstić information content (AvgIpc) is 2.89. The molecule has 6 heteroatoms. The summed E-state index contributed by atoms with van der Waals surface area (Å²) in [5, 5.41) is 2.51. The maximum absolute atomic E-state index is 13.5. The van der Waals surface area contributed by atoms with Gasteiger partial charge in [0, 0.05) is 18.1 Å². The van der Waals surface area contributed by atoms with Crippen LogP contribution >= 0.6 is 0 Å². The van der Waals surface area contributed by atoms with Crippen molar-refractivity contribution in [3.8, 4) is 5.75 Å². The van der Waals surface area contributed by atoms with E-state index in [-0.39, 0.29) is 17.9 Å². The summed E-state index contributed by atoms with van der Waals surface area (Å²) < 4.78 is 45.2. The van der Waals surface area contributed by atoms with Gasteiger partial charge in [-0.1, -0.05) is 12.1 Å². The fourth-order valence-corrected chi connectivity index (χ4v) is 2.39. The van der Waals surface area contributed by atoms with Gasteiger partial charge in [0.05, 0.1) is 12.1 Å². The van der Waals surface area contributed by atoms with Crippen LogP contribution in [0.3, 0.4) is 0 Å². The summed E-state index contributed by atoms with van der Waals surface area (Å²) in [7, 11) is 0. The van der Waals surface area contributed by atoms with Crippen molar-refractivity contribution < 1.29 is 22.7 Å². The Labute approximate surface area is 124 Å². The van der Waals surface area contributed by atoms with E-state index in [2.05, 4.69) is 5.32 Å². The molecule has 0 fully saturated rings. The molecule has 0 unspecified atom stereocenters. The molecular weight excluding hydrogens is 295 g/mol. The molecule has 3 rings (SSSR count). The quantitative estimate of drug-likeness (QED) is 0.947. The van der Waals surface area contributed by atoms with Gasteiger partial charge in [-0.05, 0) is 18.2 Å². The Hall–Kier alpha value is -2.50. The number of nitrogens with one attached hydrogen (secondary N) is 1. The van der Waals surface area contributed by atoms with Crippen LogP contribution in [-0.4, -0.2) is 18.6 Å². The van der Waals surface area contributed by atoms with Gasteiger partial charge in [-0.15, -0.1) is 0 Å². The maximum atomic E-state index is 13.5. The van der Waals surface area contributed by atoms with E-state index in [0.717, 1.165) is 17.7 Å². The lowest BCUT2D eigenvalue weighted by Crippen LogP contribution is -2.34. The number of amides is 1. The molecule has 3 nitrogen and oxygen atoms in total. The molecular formula is C16H12F3NO2. The zero-order chi connectivity index (χ0) is 15.7. The van der Waals surface area contributed by atoms with E-state index in [9.17, 15) is 18.0 Å². The normalized spacial score (nSPS) is 16.0. The molecule has 1 aliphatic heterocycles. The second-order valence-electron chi connectivity index (χ2n) is 5.01. The lowest BCUT2D eigenvalue weighted by molar-refractivity contribution is 0.0928. The minimum Gasteiger partial charge on any atom is -0.485 e. The van der Waals surface area contributed by atoms with Gasteiger partial charge in [-0.2, -0.15) is 0 Å². The standard InChI is InChI=1S/C16H12F3NO2/c17-10-4-5-12(14(19)7-10)16(21)20-8-11-6-9-2-1-3-13(18)15(9)22-11/h1-5,7,11H,6,8H2,(H,20,21)/t11-/m1/s1. The molecule has 22 heavy (non-hydrogen) atoms. The Morgan fingerprint density at radius 1 is 1.18 bits per heavy atom. The Balaban J connectivity index is 1.62. The van der Waals surface area contributed by atoms with Crippen molar-refractivity contribution in [1.29, 1.82) is 0 Å². The predicted molar refractivity (Wildman–Crippen MR) is 73.2 cm³/mol. The number of benzene rings is 2. The Bertz CT molecular complexity index is 733. The molecule has 1 N–H and O–H groups in total. The number of ether oxygens (including phenoxy) is 1. The van der Waals surface area contributed by atoms with Gasteiger partial charge in [0.1, 0.15) is 17.7 Å². The first kappa shape index (κ1) is 14.4. The molecule has 1 heterocycles. The number of carbonyl (C=O) groups excluding carboxylic acids is 1. The summed E-state index contributed by atoms with van der Waals surface area (Å²) in [5.41, 5.74) is 0.482. The van der Waals surface area contributed by atoms with Gasteiger partial charge in [-0.3, -0.25) is 4.79 Å². The van der Waals surface area contributed by atoms with E-state index in [1.165, 1.54) is 6.07 Å². The smallest absolute Gasteiger partial charge is 0.254 e. The third-order valence-corrected chi connectivity index (χ3v) is 3.45. The van der Waals surface area contributed by atoms with Crippen molar-refractivity contribution in [1.82, 2.24) is 5.32 Å². The zero-order valence-corrected chi connectivity index (χ0v) is 11.4. The number of para-hydroxylation sites is 1. The number of fused-ring (bicyclic) bond motifs is 1. The molecule has 0 saturated heterocycles. The largest absolute Gasteiger partial charge is 0.485 e. The number of hydrogen-bond donors (Lipinski definition) is 1. The summed E-state index contributed by atoms with van der Waals surface area (Å²) in [6.45, 7) is 0.101. The van der Waals surface area contributed by atoms with E-state index in [0.29, 0.717) is 12.5 Å². The van der Waals surface area contributed by atoms with Gasteiger partial charge in [-0.25, -0.2) is 13.2 Å². The SMILES string of the molecule is O=C(NC[C@H]1Cc2cccc(F)c2O1)c1ccc(F)cc1F. The van der Waals surface area contributed by atoms with E-state index in [4.69, 9.17) is 4.74 Å². The lowest BCUT2D eigenvalue weighted by Gasteiger charge is -2.12. The van der Waals surface area contributed by atoms with E-state index >= 15 is 0 Å². The molecule has 2 aromatic carbocycles. The van der Waals surface area contributed by atoms with Gasteiger partial charge < -0.3 is 10.1 Å². The Morgan fingerprint density at radius 2 is 2.00 bits per heavy atom. The number of rotatable bonds is 3. The van der Waals surface area contributed by atoms with E-state index in [1.54, 1.807) is 12.1 Å². The average molecular weight is 307 g/mol. The van der Waals surface area contributed by atoms with E-state index in [1.807, 2.05) is 0 Å². The van der Waals surface area contributed by atoms with Crippen LogP contribution in [0, 0.1) is 17.5 Å². The summed E-state index contributed by atoms with van der Waals surface area (Å²) in [4.78, 5) is 11.9. The van der Waals surface area contributed by atoms with Crippen LogP contribution < -0.4 is 10.1 Å². The van der Waals surface area contributed by atoms with Crippen LogP contribution in [0.15, 0.2) is 36.4 Å². The fourth-order valence-electron chi connectivity index (χ4n) is 2.39. The summed E-state index contributed by atoms with van der Waals surface area (Å²) >= 11 is 0. The second-order valence-corrected chi connectivity index (χ2v) is 5.01. The molecule has 0 radical (unpaired) electrons. The monoisotopic (exact) mass is 307 g/mol. The molecule has 0 aliphatic carbocycles. The molecule has 1 atom stereocenters. The molecule has 0 bridgehead atoms. The topological polar surface area (TPSA) is 38.3 Å². The van der Waals surface area contributed by atoms with Gasteiger partial charge in [0.25, 0.3) is 5.91 Å². The minimum absolute atomic E-state index is 0.101. The highest BCUT2D eigenvalue weighted by molar-refractivity contribution is 5.94. The van der Waals surface area contributed by atoms with Crippen LogP contribution in [0.1, 0.15) is 15.9 Å². The number of hydrogen-bond acceptors (Lipinski definition) is 2. The van der Waals surface area contributed by atoms with Gasteiger partial charge in [0.2, 0.25) is 0 Å². The van der Waals surface area contributed by atoms with Gasteiger partial charge in [0.15, 0.2) is 11.6 Å². The van der Waals surface area contributed by atoms with Crippen LogP contribution in [0.2, 0.25) is 0 Å². The van der Waals surface area contributed by atoms with Crippen molar-refractivity contribution in [2.45, 2.75) is 12.5 Å². The van der Waals surface area contributed by atoms with Crippen molar-refractivity contribution in [3.63, 3.8) is 0 Å². The molecule has 2 aromatic rings. The van der Waals surface area contributed by atoms with Crippen molar-refractivity contribution >= 4 is 5.91 Å². The Morgan fingerprint density at radius 3 is 2.73 bits per heavy atom. The third-order valence-electron chi connectivity index (χ3n) is 3.45. The van der Waals surface area contributed by atoms with Crippen molar-refractivity contribution in [3.05, 3.63) is 65.0 Å². The molecule has 1 amide bonds. The van der Waals surface area contributed by atoms with Crippen LogP contribution in [0.4, 0.5) is 13.2 Å². The lowest BCUT2D eigenvalue weighted by atomic mass is 10.1. The number of carbonyl (C=O) groups is 1. The third kappa shape index (κ3) is 2.77. The molecule has 0 aromatic heterocycles. The summed E-state index contributed by atoms with van der Waals surface area (Å²) in [5.74, 6) is -2.61. The zero-order valence-electron chi connectivity index (χ0n) is 11.4. The first-order valence-electron chi connectivity index (χ1n) is 6.72. The highest BCUT2D eigenvalue weighted by Crippen LogP contribution is 2.31. The minimum atomic E-state index is -0.931. The summed E-state index contributed by atoms with van der Waals surface area (Å²) in [6, 6.07) is 7.37. The molecule has 1 aliphatic rings. The van der Waals surface area contributed by atoms with Crippen molar-refractivity contribution in [2.75, 3.05) is 6.54 Å². The second kappa shape index (κ2) is 5.71. The highest BCUT2D eigenvalue weighted by Gasteiger charge is 2.26. The first-order chi connectivity index (χ1) is 10.5. The molecule has 0 saturated carbocycles. The Kier molecular flexibility index (Phi) is 3.75. The highest BCUT2D eigenvalue weighted by atomic mass is 19.1. The van der Waals surface area contributed by atoms with Crippen LogP contribution in [0.25, 0.3) is 0 Å². The van der Waals surface area contributed by atoms with E-state index < -0.39 is 29.5 Å². The molecule has 0 spiro atoms. The van der Waals surface area contributed by atoms with Crippen molar-refractivity contribution in [2.24, 2.45) is 0 Å². The maximum Gasteiger partial charge on any atom is 0.254 e. The number of halogens is 3. The van der Waals surface area contributed by atoms with Gasteiger partial charge >= 0.3 is 0 Å². The first-order valence-corrected chi connectivity index (χ1v) is 6.72. The fraction of sp³-hybridized carbons (Fsp3) is 0.188.